The molecule has 3 aliphatic heterocycles. The Balaban J connectivity index is 0.00000210. The van der Waals surface area contributed by atoms with Gasteiger partial charge in [0.05, 0.1) is 6.61 Å². The van der Waals surface area contributed by atoms with Crippen molar-refractivity contribution >= 4 is 29.9 Å². The van der Waals surface area contributed by atoms with E-state index in [1.807, 2.05) is 7.05 Å². The quantitative estimate of drug-likeness (QED) is 0.405. The SMILES string of the molecule is CN=C(NCc1ccc(CN2CCCC2)cc1)N1CCC2(CCOC2)C1.I. The Kier molecular flexibility index (Phi) is 7.39. The average Bonchev–Trinajstić information content (AvgIpc) is 3.41. The fourth-order valence-electron chi connectivity index (χ4n) is 4.56. The Morgan fingerprint density at radius 1 is 1.11 bits per heavy atom. The zero-order valence-corrected chi connectivity index (χ0v) is 18.8. The van der Waals surface area contributed by atoms with Gasteiger partial charge in [0.25, 0.3) is 0 Å². The second-order valence-corrected chi connectivity index (χ2v) is 8.17. The minimum atomic E-state index is 0. The molecule has 0 bridgehead atoms. The lowest BCUT2D eigenvalue weighted by Crippen LogP contribution is -2.41. The van der Waals surface area contributed by atoms with Gasteiger partial charge in [0.2, 0.25) is 0 Å². The lowest BCUT2D eigenvalue weighted by Gasteiger charge is -2.25. The number of hydrogen-bond donors (Lipinski definition) is 1. The van der Waals surface area contributed by atoms with Gasteiger partial charge in [-0.3, -0.25) is 9.89 Å². The predicted molar refractivity (Wildman–Crippen MR) is 121 cm³/mol. The van der Waals surface area contributed by atoms with Gasteiger partial charge in [-0.05, 0) is 49.9 Å². The zero-order valence-electron chi connectivity index (χ0n) is 16.5. The van der Waals surface area contributed by atoms with Gasteiger partial charge in [0, 0.05) is 45.2 Å². The van der Waals surface area contributed by atoms with Crippen molar-refractivity contribution in [1.82, 2.24) is 15.1 Å². The third kappa shape index (κ3) is 5.15. The van der Waals surface area contributed by atoms with Crippen LogP contribution in [-0.2, 0) is 17.8 Å². The van der Waals surface area contributed by atoms with Crippen molar-refractivity contribution in [3.8, 4) is 0 Å². The molecule has 0 radical (unpaired) electrons. The molecule has 1 N–H and O–H groups in total. The summed E-state index contributed by atoms with van der Waals surface area (Å²) >= 11 is 0. The maximum absolute atomic E-state index is 5.64. The summed E-state index contributed by atoms with van der Waals surface area (Å²) in [6.07, 6.45) is 5.12. The molecule has 3 saturated heterocycles. The lowest BCUT2D eigenvalue weighted by molar-refractivity contribution is 0.156. The van der Waals surface area contributed by atoms with E-state index in [-0.39, 0.29) is 24.0 Å². The predicted octanol–water partition coefficient (Wildman–Crippen LogP) is 3.09. The Hall–Kier alpha value is -0.860. The fraction of sp³-hybridized carbons (Fsp3) is 0.667. The van der Waals surface area contributed by atoms with Crippen LogP contribution in [0.25, 0.3) is 0 Å². The summed E-state index contributed by atoms with van der Waals surface area (Å²) in [6.45, 7) is 8.41. The van der Waals surface area contributed by atoms with E-state index in [1.54, 1.807) is 0 Å². The molecule has 3 fully saturated rings. The normalized spacial score (nSPS) is 26.0. The maximum atomic E-state index is 5.64. The average molecular weight is 484 g/mol. The first-order valence-electron chi connectivity index (χ1n) is 10.1. The number of likely N-dealkylation sites (tertiary alicyclic amines) is 2. The molecule has 0 amide bonds. The van der Waals surface area contributed by atoms with E-state index in [4.69, 9.17) is 4.74 Å². The van der Waals surface area contributed by atoms with Crippen LogP contribution in [0.1, 0.15) is 36.8 Å². The molecule has 0 aromatic heterocycles. The first-order chi connectivity index (χ1) is 12.8. The van der Waals surface area contributed by atoms with Crippen molar-refractivity contribution in [2.75, 3.05) is 46.4 Å². The Labute approximate surface area is 180 Å². The minimum absolute atomic E-state index is 0. The second-order valence-electron chi connectivity index (χ2n) is 8.17. The first-order valence-corrected chi connectivity index (χ1v) is 10.1. The van der Waals surface area contributed by atoms with Crippen LogP contribution in [0, 0.1) is 5.41 Å². The largest absolute Gasteiger partial charge is 0.381 e. The van der Waals surface area contributed by atoms with E-state index in [1.165, 1.54) is 49.9 Å². The van der Waals surface area contributed by atoms with Crippen LogP contribution < -0.4 is 5.32 Å². The third-order valence-corrected chi connectivity index (χ3v) is 6.21. The molecule has 3 aliphatic rings. The number of nitrogens with zero attached hydrogens (tertiary/aromatic N) is 3. The van der Waals surface area contributed by atoms with Crippen LogP contribution in [0.3, 0.4) is 0 Å². The fourth-order valence-corrected chi connectivity index (χ4v) is 4.56. The number of halogens is 1. The second kappa shape index (κ2) is 9.56. The number of rotatable bonds is 4. The molecule has 6 heteroatoms. The highest BCUT2D eigenvalue weighted by Gasteiger charge is 2.42. The summed E-state index contributed by atoms with van der Waals surface area (Å²) in [5, 5.41) is 3.55. The molecular formula is C21H33IN4O. The molecule has 0 aliphatic carbocycles. The van der Waals surface area contributed by atoms with Crippen molar-refractivity contribution in [2.45, 2.75) is 38.8 Å². The van der Waals surface area contributed by atoms with E-state index in [2.05, 4.69) is 44.4 Å². The van der Waals surface area contributed by atoms with Crippen molar-refractivity contribution in [3.63, 3.8) is 0 Å². The van der Waals surface area contributed by atoms with E-state index in [0.717, 1.165) is 45.4 Å². The minimum Gasteiger partial charge on any atom is -0.381 e. The van der Waals surface area contributed by atoms with Crippen LogP contribution in [0.5, 0.6) is 0 Å². The molecular weight excluding hydrogens is 451 g/mol. The number of benzene rings is 1. The number of nitrogens with one attached hydrogen (secondary N) is 1. The zero-order chi connectivity index (χ0) is 17.8. The van der Waals surface area contributed by atoms with E-state index < -0.39 is 0 Å². The van der Waals surface area contributed by atoms with E-state index in [0.29, 0.717) is 5.41 Å². The van der Waals surface area contributed by atoms with Gasteiger partial charge in [0.1, 0.15) is 0 Å². The summed E-state index contributed by atoms with van der Waals surface area (Å²) in [4.78, 5) is 9.46. The van der Waals surface area contributed by atoms with Gasteiger partial charge < -0.3 is 15.0 Å². The molecule has 150 valence electrons. The third-order valence-electron chi connectivity index (χ3n) is 6.21. The molecule has 1 aromatic carbocycles. The van der Waals surface area contributed by atoms with Gasteiger partial charge in [-0.15, -0.1) is 24.0 Å². The van der Waals surface area contributed by atoms with Crippen molar-refractivity contribution in [3.05, 3.63) is 35.4 Å². The van der Waals surface area contributed by atoms with Crippen LogP contribution in [0.15, 0.2) is 29.3 Å². The molecule has 1 spiro atoms. The van der Waals surface area contributed by atoms with Crippen molar-refractivity contribution < 1.29 is 4.74 Å². The van der Waals surface area contributed by atoms with Crippen LogP contribution in [-0.4, -0.2) is 62.2 Å². The van der Waals surface area contributed by atoms with Crippen LogP contribution in [0.2, 0.25) is 0 Å². The first kappa shape index (κ1) is 20.9. The molecule has 4 rings (SSSR count). The Morgan fingerprint density at radius 2 is 1.85 bits per heavy atom. The molecule has 5 nitrogen and oxygen atoms in total. The van der Waals surface area contributed by atoms with Gasteiger partial charge >= 0.3 is 0 Å². The molecule has 0 saturated carbocycles. The molecule has 1 aromatic rings. The summed E-state index contributed by atoms with van der Waals surface area (Å²) in [5.41, 5.74) is 3.10. The highest BCUT2D eigenvalue weighted by molar-refractivity contribution is 14.0. The number of ether oxygens (including phenoxy) is 1. The van der Waals surface area contributed by atoms with Gasteiger partial charge in [0.15, 0.2) is 5.96 Å². The summed E-state index contributed by atoms with van der Waals surface area (Å²) in [5.74, 6) is 1.02. The Bertz CT molecular complexity index is 622. The number of guanidine groups is 1. The van der Waals surface area contributed by atoms with E-state index >= 15 is 0 Å². The standard InChI is InChI=1S/C21H32N4O.HI/c1-22-20(25-12-8-21(16-25)9-13-26-17-21)23-14-18-4-6-19(7-5-18)15-24-10-2-3-11-24;/h4-7H,2-3,8-17H2,1H3,(H,22,23);1H. The van der Waals surface area contributed by atoms with Gasteiger partial charge in [-0.25, -0.2) is 0 Å². The smallest absolute Gasteiger partial charge is 0.193 e. The highest BCUT2D eigenvalue weighted by Crippen LogP contribution is 2.38. The topological polar surface area (TPSA) is 40.1 Å². The lowest BCUT2D eigenvalue weighted by atomic mass is 9.87. The number of hydrogen-bond acceptors (Lipinski definition) is 3. The molecule has 1 unspecified atom stereocenters. The molecule has 1 atom stereocenters. The summed E-state index contributed by atoms with van der Waals surface area (Å²) in [6, 6.07) is 9.06. The maximum Gasteiger partial charge on any atom is 0.193 e. The highest BCUT2D eigenvalue weighted by atomic mass is 127. The summed E-state index contributed by atoms with van der Waals surface area (Å²) in [7, 11) is 1.89. The van der Waals surface area contributed by atoms with E-state index in [9.17, 15) is 0 Å². The van der Waals surface area contributed by atoms with Gasteiger partial charge in [-0.1, -0.05) is 24.3 Å². The Morgan fingerprint density at radius 3 is 2.52 bits per heavy atom. The monoisotopic (exact) mass is 484 g/mol. The van der Waals surface area contributed by atoms with Crippen LogP contribution in [0.4, 0.5) is 0 Å². The molecule has 3 heterocycles. The molecule has 27 heavy (non-hydrogen) atoms. The van der Waals surface area contributed by atoms with Crippen molar-refractivity contribution in [1.29, 1.82) is 0 Å². The number of aliphatic imine (C=N–C) groups is 1. The summed E-state index contributed by atoms with van der Waals surface area (Å²) < 4.78 is 5.64. The van der Waals surface area contributed by atoms with Gasteiger partial charge in [-0.2, -0.15) is 0 Å². The van der Waals surface area contributed by atoms with Crippen molar-refractivity contribution in [2.24, 2.45) is 10.4 Å². The van der Waals surface area contributed by atoms with Crippen LogP contribution >= 0.6 is 24.0 Å².